The van der Waals surface area contributed by atoms with Crippen LogP contribution in [0.3, 0.4) is 0 Å². The molecule has 3 heterocycles. The average molecular weight is 713 g/mol. The molecular weight excluding hydrogens is 685 g/mol. The van der Waals surface area contributed by atoms with Gasteiger partial charge in [0, 0.05) is 50.8 Å². The summed E-state index contributed by atoms with van der Waals surface area (Å²) in [5.41, 5.74) is 13.7. The fraction of sp³-hybridized carbons (Fsp3) is 0. The minimum Gasteiger partial charge on any atom is -0.309 e. The Morgan fingerprint density at radius 2 is 1.07 bits per heavy atom. The van der Waals surface area contributed by atoms with Gasteiger partial charge in [0.15, 0.2) is 5.69 Å². The van der Waals surface area contributed by atoms with E-state index in [4.69, 9.17) is 6.57 Å². The molecule has 10 aromatic rings. The maximum absolute atomic E-state index is 10.5. The molecule has 258 valence electrons. The lowest BCUT2D eigenvalue weighted by Crippen LogP contribution is -2.01. The summed E-state index contributed by atoms with van der Waals surface area (Å²) < 4.78 is 4.53. The predicted octanol–water partition coefficient (Wildman–Crippen LogP) is 12.6. The van der Waals surface area contributed by atoms with Crippen LogP contribution >= 0.6 is 0 Å². The molecule has 0 unspecified atom stereocenters. The highest BCUT2D eigenvalue weighted by atomic mass is 15.0. The summed E-state index contributed by atoms with van der Waals surface area (Å²) in [5, 5.41) is 24.3. The quantitative estimate of drug-likeness (QED) is 0.167. The number of aromatic nitrogens is 3. The van der Waals surface area contributed by atoms with Gasteiger partial charge >= 0.3 is 0 Å². The van der Waals surface area contributed by atoms with Crippen LogP contribution in [0.25, 0.3) is 93.2 Å². The van der Waals surface area contributed by atoms with Crippen molar-refractivity contribution in [2.75, 3.05) is 0 Å². The standard InChI is InChI=1S/C50H28N6/c1-53-38-19-14-34(15-20-38)36-18-23-49-44(27-36)41-7-3-5-9-47(41)56(49)50-24-25-54-31-45(50)42-28-39(21-16-37(42)30-52)55-46-8-4-2-6-40(46)43-26-35(17-22-48(43)55)33-12-10-32(29-51)11-13-33/h2-28,31H. The number of pyridine rings is 1. The second-order valence-electron chi connectivity index (χ2n) is 13.8. The van der Waals surface area contributed by atoms with E-state index in [1.165, 1.54) is 0 Å². The van der Waals surface area contributed by atoms with Crippen LogP contribution in [-0.2, 0) is 0 Å². The summed E-state index contributed by atoms with van der Waals surface area (Å²) in [7, 11) is 0. The third-order valence-electron chi connectivity index (χ3n) is 10.7. The first kappa shape index (κ1) is 32.4. The lowest BCUT2D eigenvalue weighted by molar-refractivity contribution is 1.15. The van der Waals surface area contributed by atoms with Crippen molar-refractivity contribution in [1.29, 1.82) is 10.5 Å². The van der Waals surface area contributed by atoms with Crippen molar-refractivity contribution < 1.29 is 0 Å². The Kier molecular flexibility index (Phi) is 7.53. The van der Waals surface area contributed by atoms with Gasteiger partial charge < -0.3 is 9.13 Å². The van der Waals surface area contributed by atoms with Gasteiger partial charge in [-0.25, -0.2) is 4.85 Å². The Labute approximate surface area is 322 Å². The highest BCUT2D eigenvalue weighted by Gasteiger charge is 2.20. The molecule has 0 saturated heterocycles. The van der Waals surface area contributed by atoms with E-state index in [1.807, 2.05) is 72.9 Å². The van der Waals surface area contributed by atoms with Crippen molar-refractivity contribution >= 4 is 49.3 Å². The number of para-hydroxylation sites is 2. The fourth-order valence-electron chi connectivity index (χ4n) is 8.09. The van der Waals surface area contributed by atoms with Crippen LogP contribution in [0.2, 0.25) is 0 Å². The van der Waals surface area contributed by atoms with Crippen LogP contribution in [0, 0.1) is 29.2 Å². The van der Waals surface area contributed by atoms with E-state index < -0.39 is 0 Å². The van der Waals surface area contributed by atoms with Crippen molar-refractivity contribution in [2.45, 2.75) is 0 Å². The summed E-state index contributed by atoms with van der Waals surface area (Å²) in [4.78, 5) is 8.16. The maximum Gasteiger partial charge on any atom is 0.187 e. The zero-order valence-electron chi connectivity index (χ0n) is 29.8. The summed E-state index contributed by atoms with van der Waals surface area (Å²) in [6.07, 6.45) is 3.67. The van der Waals surface area contributed by atoms with Crippen molar-refractivity contribution in [3.63, 3.8) is 0 Å². The van der Waals surface area contributed by atoms with E-state index in [1.54, 1.807) is 6.20 Å². The van der Waals surface area contributed by atoms with E-state index in [0.717, 1.165) is 88.4 Å². The molecule has 0 radical (unpaired) electrons. The molecule has 0 N–H and O–H groups in total. The molecule has 10 rings (SSSR count). The SMILES string of the molecule is [C-]#[N+]c1ccc(-c2ccc3c(c2)c2ccccc2n3-c2ccncc2-c2cc(-n3c4ccccc4c4cc(-c5ccc(C#N)cc5)ccc43)ccc2C#N)cc1. The predicted molar refractivity (Wildman–Crippen MR) is 225 cm³/mol. The third kappa shape index (κ3) is 5.12. The van der Waals surface area contributed by atoms with Gasteiger partial charge in [-0.2, -0.15) is 10.5 Å². The van der Waals surface area contributed by atoms with Gasteiger partial charge in [-0.1, -0.05) is 84.9 Å². The highest BCUT2D eigenvalue weighted by Crippen LogP contribution is 2.40. The largest absolute Gasteiger partial charge is 0.309 e. The number of nitrogens with zero attached hydrogens (tertiary/aromatic N) is 6. The molecule has 3 aromatic heterocycles. The monoisotopic (exact) mass is 712 g/mol. The Morgan fingerprint density at radius 3 is 1.70 bits per heavy atom. The number of hydrogen-bond donors (Lipinski definition) is 0. The average Bonchev–Trinajstić information content (AvgIpc) is 3.78. The first-order valence-electron chi connectivity index (χ1n) is 18.2. The Hall–Kier alpha value is -8.24. The smallest absolute Gasteiger partial charge is 0.187 e. The molecule has 0 aliphatic heterocycles. The van der Waals surface area contributed by atoms with E-state index in [-0.39, 0.29) is 0 Å². The van der Waals surface area contributed by atoms with Gasteiger partial charge in [0.2, 0.25) is 0 Å². The van der Waals surface area contributed by atoms with E-state index in [9.17, 15) is 10.5 Å². The Bertz CT molecular complexity index is 3330. The summed E-state index contributed by atoms with van der Waals surface area (Å²) in [6.45, 7) is 7.35. The molecule has 0 amide bonds. The van der Waals surface area contributed by atoms with Gasteiger partial charge in [-0.3, -0.25) is 4.98 Å². The molecule has 6 heteroatoms. The molecule has 6 nitrogen and oxygen atoms in total. The van der Waals surface area contributed by atoms with Gasteiger partial charge in [0.05, 0.1) is 57.6 Å². The number of fused-ring (bicyclic) bond motifs is 6. The summed E-state index contributed by atoms with van der Waals surface area (Å²) in [6, 6.07) is 57.9. The molecule has 0 spiro atoms. The minimum atomic E-state index is 0.554. The van der Waals surface area contributed by atoms with Crippen LogP contribution in [0.1, 0.15) is 11.1 Å². The third-order valence-corrected chi connectivity index (χ3v) is 10.7. The second-order valence-corrected chi connectivity index (χ2v) is 13.8. The molecule has 0 fully saturated rings. The second kappa shape index (κ2) is 13.0. The fourth-order valence-corrected chi connectivity index (χ4v) is 8.09. The Balaban J connectivity index is 1.16. The zero-order chi connectivity index (χ0) is 37.8. The van der Waals surface area contributed by atoms with Crippen molar-refractivity contribution in [1.82, 2.24) is 14.1 Å². The first-order chi connectivity index (χ1) is 27.6. The normalized spacial score (nSPS) is 11.2. The molecule has 7 aromatic carbocycles. The maximum atomic E-state index is 10.5. The zero-order valence-corrected chi connectivity index (χ0v) is 29.8. The Morgan fingerprint density at radius 1 is 0.500 bits per heavy atom. The molecule has 0 aliphatic rings. The lowest BCUT2D eigenvalue weighted by atomic mass is 9.99. The molecular formula is C50H28N6. The lowest BCUT2D eigenvalue weighted by Gasteiger charge is -2.16. The molecule has 0 atom stereocenters. The molecule has 56 heavy (non-hydrogen) atoms. The minimum absolute atomic E-state index is 0.554. The van der Waals surface area contributed by atoms with Crippen molar-refractivity contribution in [3.8, 4) is 56.9 Å². The van der Waals surface area contributed by atoms with E-state index in [0.29, 0.717) is 16.8 Å². The molecule has 0 bridgehead atoms. The molecule has 0 saturated carbocycles. The van der Waals surface area contributed by atoms with Gasteiger partial charge in [-0.05, 0) is 95.1 Å². The number of nitriles is 2. The van der Waals surface area contributed by atoms with Crippen LogP contribution in [0.15, 0.2) is 170 Å². The first-order valence-corrected chi connectivity index (χ1v) is 18.2. The van der Waals surface area contributed by atoms with Crippen LogP contribution in [0.5, 0.6) is 0 Å². The van der Waals surface area contributed by atoms with Crippen LogP contribution < -0.4 is 0 Å². The van der Waals surface area contributed by atoms with Crippen LogP contribution in [-0.4, -0.2) is 14.1 Å². The van der Waals surface area contributed by atoms with Crippen LogP contribution in [0.4, 0.5) is 5.69 Å². The van der Waals surface area contributed by atoms with E-state index in [2.05, 4.69) is 122 Å². The van der Waals surface area contributed by atoms with Gasteiger partial charge in [-0.15, -0.1) is 0 Å². The number of hydrogen-bond acceptors (Lipinski definition) is 3. The summed E-state index contributed by atoms with van der Waals surface area (Å²) >= 11 is 0. The number of benzene rings is 7. The highest BCUT2D eigenvalue weighted by molar-refractivity contribution is 6.12. The van der Waals surface area contributed by atoms with Crippen molar-refractivity contribution in [3.05, 3.63) is 193 Å². The number of rotatable bonds is 5. The summed E-state index contributed by atoms with van der Waals surface area (Å²) in [5.74, 6) is 0. The van der Waals surface area contributed by atoms with Gasteiger partial charge in [0.25, 0.3) is 0 Å². The van der Waals surface area contributed by atoms with Gasteiger partial charge in [0.1, 0.15) is 0 Å². The van der Waals surface area contributed by atoms with Crippen molar-refractivity contribution in [2.24, 2.45) is 0 Å². The molecule has 0 aliphatic carbocycles. The topological polar surface area (TPSA) is 74.7 Å². The van der Waals surface area contributed by atoms with E-state index >= 15 is 0 Å².